The summed E-state index contributed by atoms with van der Waals surface area (Å²) in [5.74, 6) is 0.655. The van der Waals surface area contributed by atoms with Gasteiger partial charge in [-0.05, 0) is 47.7 Å². The van der Waals surface area contributed by atoms with Crippen LogP contribution in [0, 0.1) is 0 Å². The van der Waals surface area contributed by atoms with E-state index in [-0.39, 0.29) is 12.1 Å². The summed E-state index contributed by atoms with van der Waals surface area (Å²) in [4.78, 5) is 23.6. The average molecular weight is 355 g/mol. The Balaban J connectivity index is 1.50. The number of imidazole rings is 1. The largest absolute Gasteiger partial charge is 0.330 e. The van der Waals surface area contributed by atoms with Crippen LogP contribution < -0.4 is 5.32 Å². The molecule has 3 aromatic rings. The maximum atomic E-state index is 12.9. The molecule has 1 N–H and O–H groups in total. The average Bonchev–Trinajstić information content (AvgIpc) is 3.17. The Labute approximate surface area is 150 Å². The molecule has 1 aliphatic carbocycles. The fraction of sp³-hybridized carbons (Fsp3) is 0.389. The summed E-state index contributed by atoms with van der Waals surface area (Å²) in [6.45, 7) is 2.73. The van der Waals surface area contributed by atoms with E-state index in [1.54, 1.807) is 17.5 Å². The van der Waals surface area contributed by atoms with Crippen molar-refractivity contribution in [1.29, 1.82) is 0 Å². The summed E-state index contributed by atoms with van der Waals surface area (Å²) in [7, 11) is 0. The van der Waals surface area contributed by atoms with Gasteiger partial charge >= 0.3 is 6.03 Å². The third kappa shape index (κ3) is 3.51. The van der Waals surface area contributed by atoms with Gasteiger partial charge in [0.2, 0.25) is 5.78 Å². The zero-order valence-electron chi connectivity index (χ0n) is 14.1. The lowest BCUT2D eigenvalue weighted by Gasteiger charge is -2.25. The summed E-state index contributed by atoms with van der Waals surface area (Å²) in [5, 5.41) is 7.32. The highest BCUT2D eigenvalue weighted by molar-refractivity contribution is 7.07. The minimum Gasteiger partial charge on any atom is -0.330 e. The third-order valence-electron chi connectivity index (χ3n) is 4.50. The molecule has 1 saturated carbocycles. The predicted octanol–water partition coefficient (Wildman–Crippen LogP) is 3.62. The lowest BCUT2D eigenvalue weighted by Crippen LogP contribution is -2.42. The highest BCUT2D eigenvalue weighted by Crippen LogP contribution is 2.29. The van der Waals surface area contributed by atoms with Crippen molar-refractivity contribution in [1.82, 2.24) is 24.6 Å². The van der Waals surface area contributed by atoms with Crippen molar-refractivity contribution in [2.75, 3.05) is 0 Å². The van der Waals surface area contributed by atoms with Crippen LogP contribution in [-0.2, 0) is 6.54 Å². The second-order valence-corrected chi connectivity index (χ2v) is 7.17. The van der Waals surface area contributed by atoms with E-state index in [2.05, 4.69) is 39.0 Å². The first-order valence-electron chi connectivity index (χ1n) is 8.62. The molecule has 3 heterocycles. The summed E-state index contributed by atoms with van der Waals surface area (Å²) in [6.07, 6.45) is 8.55. The zero-order valence-corrected chi connectivity index (χ0v) is 14.9. The van der Waals surface area contributed by atoms with Gasteiger partial charge in [0.25, 0.3) is 0 Å². The van der Waals surface area contributed by atoms with E-state index in [9.17, 15) is 4.79 Å². The fourth-order valence-corrected chi connectivity index (χ4v) is 3.63. The molecule has 0 unspecified atom stereocenters. The van der Waals surface area contributed by atoms with Gasteiger partial charge in [-0.2, -0.15) is 11.3 Å². The number of rotatable bonds is 6. The van der Waals surface area contributed by atoms with Gasteiger partial charge in [0, 0.05) is 31.2 Å². The molecule has 6 nitrogen and oxygen atoms in total. The van der Waals surface area contributed by atoms with E-state index in [4.69, 9.17) is 0 Å². The van der Waals surface area contributed by atoms with Crippen LogP contribution in [0.3, 0.4) is 0 Å². The SMILES string of the molecule is CC[C@H](NC(=O)N(Cc1ccsc1)C1CC1)c1cn2cccnc2n1. The Hall–Kier alpha value is -2.41. The molecule has 4 rings (SSSR count). The van der Waals surface area contributed by atoms with E-state index in [1.165, 1.54) is 5.56 Å². The van der Waals surface area contributed by atoms with Crippen LogP contribution >= 0.6 is 11.3 Å². The summed E-state index contributed by atoms with van der Waals surface area (Å²) in [5.41, 5.74) is 2.04. The number of nitrogens with zero attached hydrogens (tertiary/aromatic N) is 4. The summed E-state index contributed by atoms with van der Waals surface area (Å²) >= 11 is 1.66. The molecule has 0 bridgehead atoms. The molecule has 0 aromatic carbocycles. The Kier molecular flexibility index (Phi) is 4.40. The van der Waals surface area contributed by atoms with Crippen molar-refractivity contribution in [2.45, 2.75) is 44.8 Å². The predicted molar refractivity (Wildman–Crippen MR) is 97.4 cm³/mol. The van der Waals surface area contributed by atoms with Crippen molar-refractivity contribution in [3.8, 4) is 0 Å². The summed E-state index contributed by atoms with van der Waals surface area (Å²) < 4.78 is 1.88. The van der Waals surface area contributed by atoms with Gasteiger partial charge in [-0.1, -0.05) is 6.92 Å². The van der Waals surface area contributed by atoms with E-state index in [1.807, 2.05) is 27.8 Å². The van der Waals surface area contributed by atoms with Gasteiger partial charge in [-0.15, -0.1) is 0 Å². The van der Waals surface area contributed by atoms with Crippen molar-refractivity contribution < 1.29 is 4.79 Å². The van der Waals surface area contributed by atoms with E-state index < -0.39 is 0 Å². The highest BCUT2D eigenvalue weighted by Gasteiger charge is 2.33. The molecule has 1 fully saturated rings. The standard InChI is InChI=1S/C18H21N5OS/c1-2-15(16-11-22-8-3-7-19-17(22)20-16)21-18(24)23(14-4-5-14)10-13-6-9-25-12-13/h3,6-9,11-12,14-15H,2,4-5,10H2,1H3,(H,21,24)/t15-/m0/s1. The first kappa shape index (κ1) is 16.1. The van der Waals surface area contributed by atoms with Crippen molar-refractivity contribution in [2.24, 2.45) is 0 Å². The Bertz CT molecular complexity index is 822. The van der Waals surface area contributed by atoms with E-state index in [0.29, 0.717) is 18.4 Å². The van der Waals surface area contributed by atoms with Crippen LogP contribution in [0.25, 0.3) is 5.78 Å². The van der Waals surface area contributed by atoms with Gasteiger partial charge in [-0.3, -0.25) is 4.40 Å². The van der Waals surface area contributed by atoms with Crippen LogP contribution in [0.15, 0.2) is 41.5 Å². The molecular weight excluding hydrogens is 334 g/mol. The van der Waals surface area contributed by atoms with Crippen LogP contribution in [0.4, 0.5) is 4.79 Å². The van der Waals surface area contributed by atoms with Crippen molar-refractivity contribution in [3.63, 3.8) is 0 Å². The quantitative estimate of drug-likeness (QED) is 0.735. The lowest BCUT2D eigenvalue weighted by molar-refractivity contribution is 0.187. The van der Waals surface area contributed by atoms with Crippen LogP contribution in [0.2, 0.25) is 0 Å². The molecule has 2 amide bonds. The number of amides is 2. The minimum absolute atomic E-state index is 0.00874. The highest BCUT2D eigenvalue weighted by atomic mass is 32.1. The number of fused-ring (bicyclic) bond motifs is 1. The lowest BCUT2D eigenvalue weighted by atomic mass is 10.2. The smallest absolute Gasteiger partial charge is 0.318 e. The van der Waals surface area contributed by atoms with Gasteiger partial charge < -0.3 is 10.2 Å². The van der Waals surface area contributed by atoms with Crippen molar-refractivity contribution >= 4 is 23.1 Å². The second kappa shape index (κ2) is 6.84. The number of carbonyl (C=O) groups excluding carboxylic acids is 1. The van der Waals surface area contributed by atoms with Gasteiger partial charge in [0.1, 0.15) is 0 Å². The Morgan fingerprint density at radius 3 is 3.08 bits per heavy atom. The topological polar surface area (TPSA) is 62.5 Å². The maximum Gasteiger partial charge on any atom is 0.318 e. The molecule has 25 heavy (non-hydrogen) atoms. The molecule has 3 aromatic heterocycles. The molecule has 1 aliphatic rings. The molecule has 0 saturated heterocycles. The number of nitrogens with one attached hydrogen (secondary N) is 1. The van der Waals surface area contributed by atoms with E-state index in [0.717, 1.165) is 25.0 Å². The van der Waals surface area contributed by atoms with Gasteiger partial charge in [0.05, 0.1) is 11.7 Å². The number of thiophene rings is 1. The molecular formula is C18H21N5OS. The first-order valence-corrected chi connectivity index (χ1v) is 9.56. The maximum absolute atomic E-state index is 12.9. The molecule has 130 valence electrons. The fourth-order valence-electron chi connectivity index (χ4n) is 2.97. The number of hydrogen-bond acceptors (Lipinski definition) is 4. The summed E-state index contributed by atoms with van der Waals surface area (Å²) in [6, 6.07) is 4.19. The monoisotopic (exact) mass is 355 g/mol. The molecule has 0 spiro atoms. The normalized spacial score (nSPS) is 15.2. The number of urea groups is 1. The minimum atomic E-state index is -0.113. The van der Waals surface area contributed by atoms with Crippen LogP contribution in [0.1, 0.15) is 43.5 Å². The zero-order chi connectivity index (χ0) is 17.2. The van der Waals surface area contributed by atoms with Gasteiger partial charge in [0.15, 0.2) is 0 Å². The van der Waals surface area contributed by atoms with Crippen molar-refractivity contribution in [3.05, 3.63) is 52.7 Å². The van der Waals surface area contributed by atoms with Gasteiger partial charge in [-0.25, -0.2) is 14.8 Å². The molecule has 1 atom stereocenters. The van der Waals surface area contributed by atoms with E-state index >= 15 is 0 Å². The number of aromatic nitrogens is 3. The number of carbonyl (C=O) groups is 1. The molecule has 0 aliphatic heterocycles. The Morgan fingerprint density at radius 1 is 1.52 bits per heavy atom. The molecule has 0 radical (unpaired) electrons. The second-order valence-electron chi connectivity index (χ2n) is 6.39. The first-order chi connectivity index (χ1) is 12.2. The third-order valence-corrected chi connectivity index (χ3v) is 5.23. The number of hydrogen-bond donors (Lipinski definition) is 1. The molecule has 7 heteroatoms. The Morgan fingerprint density at radius 2 is 2.40 bits per heavy atom. The van der Waals surface area contributed by atoms with Crippen LogP contribution in [0.5, 0.6) is 0 Å². The van der Waals surface area contributed by atoms with Crippen LogP contribution in [-0.4, -0.2) is 31.3 Å².